The van der Waals surface area contributed by atoms with Gasteiger partial charge in [-0.1, -0.05) is 13.8 Å². The average Bonchev–Trinajstić information content (AvgIpc) is 3.33. The molecule has 0 radical (unpaired) electrons. The second-order valence-corrected chi connectivity index (χ2v) is 9.63. The monoisotopic (exact) mass is 504 g/mol. The van der Waals surface area contributed by atoms with Crippen LogP contribution in [0.3, 0.4) is 0 Å². The van der Waals surface area contributed by atoms with Crippen LogP contribution in [0.2, 0.25) is 0 Å². The lowest BCUT2D eigenvalue weighted by molar-refractivity contribution is -0.129. The number of amides is 1. The molecule has 1 atom stereocenters. The van der Waals surface area contributed by atoms with Crippen molar-refractivity contribution in [2.75, 3.05) is 36.4 Å². The minimum absolute atomic E-state index is 0.0857. The Hall–Kier alpha value is -3.82. The minimum atomic E-state index is -0.284. The third-order valence-electron chi connectivity index (χ3n) is 7.25. The molecule has 3 aromatic heterocycles. The Morgan fingerprint density at radius 2 is 1.81 bits per heavy atom. The molecule has 9 nitrogen and oxygen atoms in total. The van der Waals surface area contributed by atoms with Gasteiger partial charge in [-0.25, -0.2) is 9.37 Å². The summed E-state index contributed by atoms with van der Waals surface area (Å²) in [6, 6.07) is 6.65. The summed E-state index contributed by atoms with van der Waals surface area (Å²) < 4.78 is 15.9. The van der Waals surface area contributed by atoms with Crippen LogP contribution in [0, 0.1) is 5.82 Å². The molecular formula is C27H33FN8O. The van der Waals surface area contributed by atoms with Crippen molar-refractivity contribution >= 4 is 39.6 Å². The SMILES string of the molecule is CCC(CC)n1ncc2nc(N3CCN(C(C)=O)CC3)nc(NC(C)c3cnc4ccc(F)cc4c3)c21. The van der Waals surface area contributed by atoms with Gasteiger partial charge in [-0.05, 0) is 49.6 Å². The first-order valence-corrected chi connectivity index (χ1v) is 12.9. The number of carbonyl (C=O) groups excluding carboxylic acids is 1. The van der Waals surface area contributed by atoms with Crippen LogP contribution >= 0.6 is 0 Å². The molecule has 0 aliphatic carbocycles. The fourth-order valence-corrected chi connectivity index (χ4v) is 4.97. The molecule has 1 unspecified atom stereocenters. The number of benzene rings is 1. The minimum Gasteiger partial charge on any atom is -0.362 e. The molecule has 0 saturated carbocycles. The van der Waals surface area contributed by atoms with Gasteiger partial charge in [0.15, 0.2) is 5.82 Å². The molecule has 1 aliphatic rings. The van der Waals surface area contributed by atoms with Crippen LogP contribution in [-0.2, 0) is 4.79 Å². The van der Waals surface area contributed by atoms with Gasteiger partial charge in [0, 0.05) is 44.7 Å². The standard InChI is InChI=1S/C27H33FN8O/c1-5-22(6-2)36-25-24(16-30-36)32-27(35-11-9-34(10-12-35)18(4)37)33-26(25)31-17(3)20-13-19-14-21(28)7-8-23(19)29-15-20/h7-8,13-17,22H,5-6,9-12H2,1-4H3,(H,31,32,33). The third kappa shape index (κ3) is 4.92. The number of nitrogens with zero attached hydrogens (tertiary/aromatic N) is 7. The van der Waals surface area contributed by atoms with Crippen molar-refractivity contribution in [2.45, 2.75) is 52.6 Å². The summed E-state index contributed by atoms with van der Waals surface area (Å²) in [5.41, 5.74) is 3.32. The summed E-state index contributed by atoms with van der Waals surface area (Å²) in [6.45, 7) is 10.6. The number of carbonyl (C=O) groups is 1. The number of piperazine rings is 1. The van der Waals surface area contributed by atoms with Crippen LogP contribution in [0.4, 0.5) is 16.2 Å². The maximum Gasteiger partial charge on any atom is 0.228 e. The normalized spacial score (nSPS) is 15.1. The molecule has 4 aromatic rings. The van der Waals surface area contributed by atoms with Gasteiger partial charge < -0.3 is 15.1 Å². The van der Waals surface area contributed by atoms with Crippen molar-refractivity contribution < 1.29 is 9.18 Å². The highest BCUT2D eigenvalue weighted by atomic mass is 19.1. The molecule has 10 heteroatoms. The summed E-state index contributed by atoms with van der Waals surface area (Å²) in [5, 5.41) is 9.03. The van der Waals surface area contributed by atoms with Crippen molar-refractivity contribution in [2.24, 2.45) is 0 Å². The molecule has 1 saturated heterocycles. The lowest BCUT2D eigenvalue weighted by Crippen LogP contribution is -2.48. The second kappa shape index (κ2) is 10.3. The smallest absolute Gasteiger partial charge is 0.228 e. The van der Waals surface area contributed by atoms with E-state index in [0.717, 1.165) is 40.3 Å². The maximum atomic E-state index is 13.8. The van der Waals surface area contributed by atoms with Gasteiger partial charge in [-0.2, -0.15) is 10.1 Å². The number of anilines is 2. The number of aromatic nitrogens is 5. The molecule has 1 N–H and O–H groups in total. The van der Waals surface area contributed by atoms with E-state index in [1.54, 1.807) is 19.2 Å². The maximum absolute atomic E-state index is 13.8. The van der Waals surface area contributed by atoms with Gasteiger partial charge in [0.1, 0.15) is 16.9 Å². The van der Waals surface area contributed by atoms with E-state index >= 15 is 0 Å². The molecule has 0 spiro atoms. The van der Waals surface area contributed by atoms with Gasteiger partial charge >= 0.3 is 0 Å². The van der Waals surface area contributed by atoms with Crippen LogP contribution in [0.5, 0.6) is 0 Å². The number of hydrogen-bond donors (Lipinski definition) is 1. The number of fused-ring (bicyclic) bond motifs is 2. The predicted octanol–water partition coefficient (Wildman–Crippen LogP) is 4.72. The molecule has 1 amide bonds. The average molecular weight is 505 g/mol. The first-order valence-electron chi connectivity index (χ1n) is 12.9. The van der Waals surface area contributed by atoms with Crippen LogP contribution in [0.15, 0.2) is 36.7 Å². The molecule has 1 aromatic carbocycles. The summed E-state index contributed by atoms with van der Waals surface area (Å²) >= 11 is 0. The van der Waals surface area contributed by atoms with E-state index in [4.69, 9.17) is 15.1 Å². The zero-order valence-electron chi connectivity index (χ0n) is 21.8. The number of pyridine rings is 1. The van der Waals surface area contributed by atoms with Crippen molar-refractivity contribution in [1.82, 2.24) is 29.6 Å². The summed E-state index contributed by atoms with van der Waals surface area (Å²) in [4.78, 5) is 30.1. The molecule has 0 bridgehead atoms. The van der Waals surface area contributed by atoms with E-state index in [2.05, 4.69) is 29.0 Å². The Bertz CT molecular complexity index is 1420. The van der Waals surface area contributed by atoms with E-state index in [1.165, 1.54) is 12.1 Å². The molecular weight excluding hydrogens is 471 g/mol. The highest BCUT2D eigenvalue weighted by molar-refractivity contribution is 5.87. The van der Waals surface area contributed by atoms with Crippen LogP contribution in [0.1, 0.15) is 58.2 Å². The number of nitrogens with one attached hydrogen (secondary N) is 1. The lowest BCUT2D eigenvalue weighted by atomic mass is 10.1. The van der Waals surface area contributed by atoms with Crippen LogP contribution in [-0.4, -0.2) is 61.7 Å². The molecule has 5 rings (SSSR count). The van der Waals surface area contributed by atoms with Gasteiger partial charge in [-0.15, -0.1) is 0 Å². The van der Waals surface area contributed by atoms with E-state index in [1.807, 2.05) is 28.8 Å². The highest BCUT2D eigenvalue weighted by Gasteiger charge is 2.24. The van der Waals surface area contributed by atoms with Crippen molar-refractivity contribution in [3.63, 3.8) is 0 Å². The fourth-order valence-electron chi connectivity index (χ4n) is 4.97. The Labute approximate surface area is 215 Å². The van der Waals surface area contributed by atoms with Crippen molar-refractivity contribution in [1.29, 1.82) is 0 Å². The van der Waals surface area contributed by atoms with Gasteiger partial charge in [-0.3, -0.25) is 14.5 Å². The first-order chi connectivity index (χ1) is 17.9. The Morgan fingerprint density at radius 1 is 1.05 bits per heavy atom. The Kier molecular flexibility index (Phi) is 6.90. The summed E-state index contributed by atoms with van der Waals surface area (Å²) in [7, 11) is 0. The molecule has 1 fully saturated rings. The first kappa shape index (κ1) is 24.9. The highest BCUT2D eigenvalue weighted by Crippen LogP contribution is 2.31. The van der Waals surface area contributed by atoms with Gasteiger partial charge in [0.25, 0.3) is 0 Å². The zero-order valence-corrected chi connectivity index (χ0v) is 21.8. The van der Waals surface area contributed by atoms with Crippen LogP contribution < -0.4 is 10.2 Å². The number of halogens is 1. The topological polar surface area (TPSA) is 92.1 Å². The zero-order chi connectivity index (χ0) is 26.1. The van der Waals surface area contributed by atoms with Gasteiger partial charge in [0.2, 0.25) is 11.9 Å². The summed E-state index contributed by atoms with van der Waals surface area (Å²) in [6.07, 6.45) is 5.51. The molecule has 4 heterocycles. The van der Waals surface area contributed by atoms with Crippen molar-refractivity contribution in [3.05, 3.63) is 48.0 Å². The number of rotatable bonds is 7. The summed E-state index contributed by atoms with van der Waals surface area (Å²) in [5.74, 6) is 1.12. The Morgan fingerprint density at radius 3 is 2.51 bits per heavy atom. The van der Waals surface area contributed by atoms with E-state index in [-0.39, 0.29) is 23.8 Å². The van der Waals surface area contributed by atoms with Crippen molar-refractivity contribution in [3.8, 4) is 0 Å². The Balaban J connectivity index is 1.52. The molecule has 194 valence electrons. The number of hydrogen-bond acceptors (Lipinski definition) is 7. The second-order valence-electron chi connectivity index (χ2n) is 9.63. The molecule has 1 aliphatic heterocycles. The molecule has 37 heavy (non-hydrogen) atoms. The quantitative estimate of drug-likeness (QED) is 0.389. The van der Waals surface area contributed by atoms with E-state index < -0.39 is 0 Å². The largest absolute Gasteiger partial charge is 0.362 e. The predicted molar refractivity (Wildman–Crippen MR) is 143 cm³/mol. The van der Waals surface area contributed by atoms with Crippen LogP contribution in [0.25, 0.3) is 21.9 Å². The van der Waals surface area contributed by atoms with E-state index in [9.17, 15) is 9.18 Å². The lowest BCUT2D eigenvalue weighted by Gasteiger charge is -2.34. The fraction of sp³-hybridized carbons (Fsp3) is 0.444. The van der Waals surface area contributed by atoms with E-state index in [0.29, 0.717) is 37.9 Å². The third-order valence-corrected chi connectivity index (χ3v) is 7.25. The van der Waals surface area contributed by atoms with Gasteiger partial charge in [0.05, 0.1) is 23.8 Å².